The van der Waals surface area contributed by atoms with Gasteiger partial charge in [-0.25, -0.2) is 0 Å². The highest BCUT2D eigenvalue weighted by Crippen LogP contribution is 2.27. The fourth-order valence-electron chi connectivity index (χ4n) is 1.02. The maximum absolute atomic E-state index is 11.9. The molecule has 0 aliphatic carbocycles. The average Bonchev–Trinajstić information content (AvgIpc) is 2.83. The van der Waals surface area contributed by atoms with Crippen LogP contribution in [0.4, 0.5) is 13.2 Å². The number of aromatic nitrogens is 2. The van der Waals surface area contributed by atoms with Crippen LogP contribution in [-0.2, 0) is 0 Å². The molecule has 0 aromatic carbocycles. The molecule has 0 unspecified atom stereocenters. The van der Waals surface area contributed by atoms with E-state index in [0.29, 0.717) is 5.76 Å². The molecule has 0 fully saturated rings. The molecule has 2 rings (SSSR count). The third kappa shape index (κ3) is 3.52. The summed E-state index contributed by atoms with van der Waals surface area (Å²) in [7, 11) is 0. The molecule has 0 spiro atoms. The summed E-state index contributed by atoms with van der Waals surface area (Å²) in [6, 6.07) is 3.27. The predicted octanol–water partition coefficient (Wildman–Crippen LogP) is 3.37. The molecule has 0 amide bonds. The van der Waals surface area contributed by atoms with Gasteiger partial charge in [-0.15, -0.1) is 10.2 Å². The lowest BCUT2D eigenvalue weighted by Gasteiger charge is -2.02. The van der Waals surface area contributed by atoms with E-state index < -0.39 is 12.6 Å². The van der Waals surface area contributed by atoms with Gasteiger partial charge < -0.3 is 8.83 Å². The van der Waals surface area contributed by atoms with Gasteiger partial charge >= 0.3 is 6.18 Å². The van der Waals surface area contributed by atoms with Crippen LogP contribution in [0, 0.1) is 0 Å². The van der Waals surface area contributed by atoms with Crippen molar-refractivity contribution in [1.29, 1.82) is 0 Å². The Morgan fingerprint density at radius 2 is 2.12 bits per heavy atom. The molecule has 0 aliphatic heterocycles. The van der Waals surface area contributed by atoms with Gasteiger partial charge in [0, 0.05) is 5.75 Å². The van der Waals surface area contributed by atoms with Crippen molar-refractivity contribution in [3.8, 4) is 11.7 Å². The summed E-state index contributed by atoms with van der Waals surface area (Å²) >= 11 is 0.863. The minimum Gasteiger partial charge on any atom is -0.459 e. The quantitative estimate of drug-likeness (QED) is 0.792. The second-order valence-electron chi connectivity index (χ2n) is 3.06. The second-order valence-corrected chi connectivity index (χ2v) is 4.11. The molecule has 2 aromatic rings. The maximum Gasteiger partial charge on any atom is 0.389 e. The van der Waals surface area contributed by atoms with Gasteiger partial charge in [0.2, 0.25) is 0 Å². The molecule has 0 atom stereocenters. The lowest BCUT2D eigenvalue weighted by atomic mass is 10.5. The first-order chi connectivity index (χ1) is 8.04. The van der Waals surface area contributed by atoms with Crippen LogP contribution in [0.25, 0.3) is 11.7 Å². The van der Waals surface area contributed by atoms with E-state index in [2.05, 4.69) is 10.2 Å². The fraction of sp³-hybridized carbons (Fsp3) is 0.333. The number of hydrogen-bond acceptors (Lipinski definition) is 5. The van der Waals surface area contributed by atoms with Gasteiger partial charge in [-0.3, -0.25) is 0 Å². The van der Waals surface area contributed by atoms with E-state index >= 15 is 0 Å². The van der Waals surface area contributed by atoms with Crippen molar-refractivity contribution in [2.45, 2.75) is 17.8 Å². The summed E-state index contributed by atoms with van der Waals surface area (Å²) in [6.45, 7) is 0. The molecule has 2 aromatic heterocycles. The Kier molecular flexibility index (Phi) is 3.41. The summed E-state index contributed by atoms with van der Waals surface area (Å²) in [6.07, 6.45) is -3.62. The lowest BCUT2D eigenvalue weighted by molar-refractivity contribution is -0.129. The van der Waals surface area contributed by atoms with Crippen LogP contribution in [0.3, 0.4) is 0 Å². The number of halogens is 3. The molecule has 0 bridgehead atoms. The molecular formula is C9H7F3N2O2S. The van der Waals surface area contributed by atoms with Crippen molar-refractivity contribution in [1.82, 2.24) is 10.2 Å². The normalized spacial score (nSPS) is 11.9. The second kappa shape index (κ2) is 4.82. The zero-order valence-electron chi connectivity index (χ0n) is 8.40. The van der Waals surface area contributed by atoms with Crippen LogP contribution in [0.15, 0.2) is 32.5 Å². The largest absolute Gasteiger partial charge is 0.459 e. The lowest BCUT2D eigenvalue weighted by Crippen LogP contribution is -2.07. The molecule has 0 N–H and O–H groups in total. The minimum absolute atomic E-state index is 0.0978. The van der Waals surface area contributed by atoms with E-state index in [9.17, 15) is 13.2 Å². The summed E-state index contributed by atoms with van der Waals surface area (Å²) in [5.41, 5.74) is 0. The van der Waals surface area contributed by atoms with Gasteiger partial charge in [-0.2, -0.15) is 13.2 Å². The maximum atomic E-state index is 11.9. The first kappa shape index (κ1) is 12.0. The zero-order valence-corrected chi connectivity index (χ0v) is 9.22. The standard InChI is InChI=1S/C9H7F3N2O2S/c10-9(11,12)3-5-17-8-14-13-7(16-8)6-2-1-4-15-6/h1-2,4H,3,5H2. The third-order valence-electron chi connectivity index (χ3n) is 1.75. The Balaban J connectivity index is 1.91. The molecule has 2 heterocycles. The molecule has 17 heavy (non-hydrogen) atoms. The van der Waals surface area contributed by atoms with Crippen LogP contribution in [0.5, 0.6) is 0 Å². The number of hydrogen-bond donors (Lipinski definition) is 0. The summed E-state index contributed by atoms with van der Waals surface area (Å²) in [4.78, 5) is 0. The Morgan fingerprint density at radius 3 is 2.76 bits per heavy atom. The Morgan fingerprint density at radius 1 is 1.29 bits per heavy atom. The van der Waals surface area contributed by atoms with Crippen molar-refractivity contribution in [2.75, 3.05) is 5.75 Å². The van der Waals surface area contributed by atoms with E-state index in [1.165, 1.54) is 6.26 Å². The van der Waals surface area contributed by atoms with E-state index in [0.717, 1.165) is 11.8 Å². The van der Waals surface area contributed by atoms with Crippen molar-refractivity contribution >= 4 is 11.8 Å². The van der Waals surface area contributed by atoms with Crippen LogP contribution in [0.2, 0.25) is 0 Å². The van der Waals surface area contributed by atoms with Crippen LogP contribution < -0.4 is 0 Å². The van der Waals surface area contributed by atoms with Crippen LogP contribution in [-0.4, -0.2) is 22.1 Å². The Labute approximate surface area is 98.2 Å². The Bertz CT molecular complexity index is 467. The molecular weight excluding hydrogens is 257 g/mol. The van der Waals surface area contributed by atoms with E-state index in [-0.39, 0.29) is 16.9 Å². The smallest absolute Gasteiger partial charge is 0.389 e. The highest BCUT2D eigenvalue weighted by molar-refractivity contribution is 7.99. The van der Waals surface area contributed by atoms with Gasteiger partial charge in [0.05, 0.1) is 12.7 Å². The molecule has 0 radical (unpaired) electrons. The topological polar surface area (TPSA) is 52.1 Å². The van der Waals surface area contributed by atoms with Crippen molar-refractivity contribution in [2.24, 2.45) is 0 Å². The molecule has 8 heteroatoms. The number of nitrogens with zero attached hydrogens (tertiary/aromatic N) is 2. The summed E-state index contributed by atoms with van der Waals surface area (Å²) in [5, 5.41) is 7.37. The van der Waals surface area contributed by atoms with E-state index in [1.54, 1.807) is 12.1 Å². The van der Waals surface area contributed by atoms with Gasteiger partial charge in [-0.05, 0) is 12.1 Å². The van der Waals surface area contributed by atoms with Crippen molar-refractivity contribution < 1.29 is 22.0 Å². The molecule has 92 valence electrons. The Hall–Kier alpha value is -1.44. The molecule has 0 saturated heterocycles. The number of thioether (sulfide) groups is 1. The molecule has 4 nitrogen and oxygen atoms in total. The van der Waals surface area contributed by atoms with E-state index in [4.69, 9.17) is 8.83 Å². The fourth-order valence-corrected chi connectivity index (χ4v) is 1.77. The predicted molar refractivity (Wildman–Crippen MR) is 53.4 cm³/mol. The minimum atomic E-state index is -4.17. The van der Waals surface area contributed by atoms with Crippen molar-refractivity contribution in [3.63, 3.8) is 0 Å². The van der Waals surface area contributed by atoms with Crippen LogP contribution in [0.1, 0.15) is 6.42 Å². The van der Waals surface area contributed by atoms with E-state index in [1.807, 2.05) is 0 Å². The van der Waals surface area contributed by atoms with Gasteiger partial charge in [0.25, 0.3) is 11.1 Å². The SMILES string of the molecule is FC(F)(F)CCSc1nnc(-c2ccco2)o1. The first-order valence-electron chi connectivity index (χ1n) is 4.61. The molecule has 0 aliphatic rings. The highest BCUT2D eigenvalue weighted by Gasteiger charge is 2.26. The monoisotopic (exact) mass is 264 g/mol. The third-order valence-corrected chi connectivity index (χ3v) is 2.57. The zero-order chi connectivity index (χ0) is 12.3. The number of furan rings is 1. The molecule has 0 saturated carbocycles. The van der Waals surface area contributed by atoms with Gasteiger partial charge in [0.1, 0.15) is 0 Å². The summed E-state index contributed by atoms with van der Waals surface area (Å²) < 4.78 is 45.8. The summed E-state index contributed by atoms with van der Waals surface area (Å²) in [5.74, 6) is 0.396. The van der Waals surface area contributed by atoms with Crippen LogP contribution >= 0.6 is 11.8 Å². The average molecular weight is 264 g/mol. The van der Waals surface area contributed by atoms with Gasteiger partial charge in [0.15, 0.2) is 5.76 Å². The number of rotatable bonds is 4. The number of alkyl halides is 3. The van der Waals surface area contributed by atoms with Crippen molar-refractivity contribution in [3.05, 3.63) is 18.4 Å². The first-order valence-corrected chi connectivity index (χ1v) is 5.60. The highest BCUT2D eigenvalue weighted by atomic mass is 32.2. The van der Waals surface area contributed by atoms with Gasteiger partial charge in [-0.1, -0.05) is 11.8 Å².